The molecule has 3 aromatic carbocycles. The molecule has 0 heterocycles. The van der Waals surface area contributed by atoms with E-state index in [1.165, 1.54) is 18.3 Å². The van der Waals surface area contributed by atoms with Crippen LogP contribution in [0, 0.1) is 13.8 Å². The monoisotopic (exact) mass is 523 g/mol. The first-order chi connectivity index (χ1) is 17.8. The highest BCUT2D eigenvalue weighted by Gasteiger charge is 2.28. The quantitative estimate of drug-likeness (QED) is 0.271. The summed E-state index contributed by atoms with van der Waals surface area (Å²) < 4.78 is 39.4. The van der Waals surface area contributed by atoms with Crippen LogP contribution in [0.4, 0.5) is 5.69 Å². The number of amides is 1. The van der Waals surface area contributed by atoms with Gasteiger partial charge in [0, 0.05) is 0 Å². The fourth-order valence-corrected chi connectivity index (χ4v) is 5.16. The maximum atomic E-state index is 13.5. The number of aryl methyl sites for hydroxylation is 2. The van der Waals surface area contributed by atoms with Gasteiger partial charge < -0.3 is 9.47 Å². The van der Waals surface area contributed by atoms with Crippen LogP contribution in [0.3, 0.4) is 0 Å². The third-order valence-corrected chi connectivity index (χ3v) is 7.15. The second-order valence-corrected chi connectivity index (χ2v) is 10.3. The van der Waals surface area contributed by atoms with E-state index in [4.69, 9.17) is 9.47 Å². The Morgan fingerprint density at radius 2 is 1.73 bits per heavy atom. The first-order valence-corrected chi connectivity index (χ1v) is 13.6. The topological polar surface area (TPSA) is 97.3 Å². The number of benzene rings is 3. The Morgan fingerprint density at radius 3 is 2.41 bits per heavy atom. The van der Waals surface area contributed by atoms with Gasteiger partial charge in [-0.15, -0.1) is 0 Å². The average molecular weight is 524 g/mol. The summed E-state index contributed by atoms with van der Waals surface area (Å²) in [4.78, 5) is 12.9. The van der Waals surface area contributed by atoms with E-state index in [0.29, 0.717) is 36.0 Å². The van der Waals surface area contributed by atoms with Gasteiger partial charge in [0.1, 0.15) is 6.54 Å². The summed E-state index contributed by atoms with van der Waals surface area (Å²) in [6, 6.07) is 18.8. The Balaban J connectivity index is 1.80. The molecule has 1 N–H and O–H groups in total. The third-order valence-electron chi connectivity index (χ3n) is 5.37. The molecule has 0 atom stereocenters. The van der Waals surface area contributed by atoms with E-state index < -0.39 is 22.5 Å². The molecule has 0 fully saturated rings. The van der Waals surface area contributed by atoms with E-state index in [1.54, 1.807) is 42.5 Å². The van der Waals surface area contributed by atoms with Gasteiger partial charge in [0.25, 0.3) is 15.9 Å². The molecule has 37 heavy (non-hydrogen) atoms. The van der Waals surface area contributed by atoms with Crippen LogP contribution in [0.5, 0.6) is 11.5 Å². The van der Waals surface area contributed by atoms with Gasteiger partial charge in [0.2, 0.25) is 0 Å². The number of carbonyl (C=O) groups is 1. The van der Waals surface area contributed by atoms with Crippen LogP contribution in [-0.4, -0.2) is 40.3 Å². The number of sulfonamides is 1. The highest BCUT2D eigenvalue weighted by molar-refractivity contribution is 7.92. The van der Waals surface area contributed by atoms with Gasteiger partial charge in [-0.05, 0) is 74.7 Å². The van der Waals surface area contributed by atoms with Gasteiger partial charge in [-0.3, -0.25) is 9.10 Å². The lowest BCUT2D eigenvalue weighted by atomic mass is 10.1. The fraction of sp³-hybridized carbons (Fsp3) is 0.286. The maximum absolute atomic E-state index is 13.5. The summed E-state index contributed by atoms with van der Waals surface area (Å²) >= 11 is 0. The molecule has 9 heteroatoms. The van der Waals surface area contributed by atoms with Crippen molar-refractivity contribution in [1.29, 1.82) is 0 Å². The van der Waals surface area contributed by atoms with Gasteiger partial charge in [-0.2, -0.15) is 5.10 Å². The van der Waals surface area contributed by atoms with Crippen molar-refractivity contribution in [1.82, 2.24) is 5.43 Å². The molecule has 1 amide bonds. The van der Waals surface area contributed by atoms with Crippen LogP contribution in [0.15, 0.2) is 76.7 Å². The van der Waals surface area contributed by atoms with Gasteiger partial charge in [0.15, 0.2) is 11.5 Å². The fourth-order valence-electron chi connectivity index (χ4n) is 3.65. The zero-order valence-electron chi connectivity index (χ0n) is 21.6. The molecule has 0 radical (unpaired) electrons. The minimum Gasteiger partial charge on any atom is -0.490 e. The molecule has 3 aromatic rings. The van der Waals surface area contributed by atoms with Crippen molar-refractivity contribution in [2.24, 2.45) is 5.10 Å². The molecule has 0 aromatic heterocycles. The van der Waals surface area contributed by atoms with Gasteiger partial charge in [0.05, 0.1) is 30.0 Å². The number of hydrogen-bond acceptors (Lipinski definition) is 6. The Hall–Kier alpha value is -3.85. The van der Waals surface area contributed by atoms with Crippen LogP contribution < -0.4 is 19.2 Å². The summed E-state index contributed by atoms with van der Waals surface area (Å²) in [5, 5.41) is 4.03. The van der Waals surface area contributed by atoms with E-state index in [1.807, 2.05) is 39.8 Å². The molecular weight excluding hydrogens is 490 g/mol. The number of carbonyl (C=O) groups excluding carboxylic acids is 1. The molecule has 0 aliphatic heterocycles. The molecule has 196 valence electrons. The number of hydrogen-bond donors (Lipinski definition) is 1. The molecule has 0 unspecified atom stereocenters. The van der Waals surface area contributed by atoms with Crippen molar-refractivity contribution in [3.63, 3.8) is 0 Å². The molecule has 0 saturated carbocycles. The SMILES string of the molecule is CCCOc1ccc(/C=N/NC(=O)CN(c2ccc(C)cc2C)S(=O)(=O)c2ccccc2)cc1OCC. The molecule has 0 spiro atoms. The number of anilines is 1. The Morgan fingerprint density at radius 1 is 0.973 bits per heavy atom. The van der Waals surface area contributed by atoms with Crippen LogP contribution >= 0.6 is 0 Å². The van der Waals surface area contributed by atoms with Crippen molar-refractivity contribution in [3.05, 3.63) is 83.4 Å². The normalized spacial score (nSPS) is 11.4. The number of rotatable bonds is 12. The van der Waals surface area contributed by atoms with E-state index in [-0.39, 0.29) is 4.90 Å². The number of nitrogens with one attached hydrogen (secondary N) is 1. The number of ether oxygens (including phenoxy) is 2. The molecule has 8 nitrogen and oxygen atoms in total. The van der Waals surface area contributed by atoms with Crippen molar-refractivity contribution in [2.75, 3.05) is 24.1 Å². The summed E-state index contributed by atoms with van der Waals surface area (Å²) in [7, 11) is -4.00. The van der Waals surface area contributed by atoms with Gasteiger partial charge in [-0.25, -0.2) is 13.8 Å². The average Bonchev–Trinajstić information content (AvgIpc) is 2.88. The lowest BCUT2D eigenvalue weighted by molar-refractivity contribution is -0.119. The summed E-state index contributed by atoms with van der Waals surface area (Å²) in [6.45, 7) is 8.26. The Labute approximate surface area is 219 Å². The molecule has 0 bridgehead atoms. The smallest absolute Gasteiger partial charge is 0.264 e. The molecule has 0 saturated heterocycles. The zero-order chi connectivity index (χ0) is 26.8. The van der Waals surface area contributed by atoms with E-state index >= 15 is 0 Å². The lowest BCUT2D eigenvalue weighted by Crippen LogP contribution is -2.40. The second-order valence-electron chi connectivity index (χ2n) is 8.40. The predicted molar refractivity (Wildman–Crippen MR) is 146 cm³/mol. The Bertz CT molecular complexity index is 1340. The molecular formula is C28H33N3O5S. The van der Waals surface area contributed by atoms with Crippen molar-refractivity contribution in [3.8, 4) is 11.5 Å². The van der Waals surface area contributed by atoms with Crippen molar-refractivity contribution >= 4 is 27.8 Å². The van der Waals surface area contributed by atoms with Crippen molar-refractivity contribution < 1.29 is 22.7 Å². The third kappa shape index (κ3) is 7.33. The Kier molecular flexibility index (Phi) is 9.68. The minimum atomic E-state index is -4.00. The maximum Gasteiger partial charge on any atom is 0.264 e. The van der Waals surface area contributed by atoms with Gasteiger partial charge in [-0.1, -0.05) is 42.8 Å². The number of nitrogens with zero attached hydrogens (tertiary/aromatic N) is 2. The van der Waals surface area contributed by atoms with Gasteiger partial charge >= 0.3 is 0 Å². The minimum absolute atomic E-state index is 0.0973. The van der Waals surface area contributed by atoms with Crippen LogP contribution in [0.2, 0.25) is 0 Å². The standard InChI is InChI=1S/C28H33N3O5S/c1-5-16-36-26-15-13-23(18-27(26)35-6-2)19-29-30-28(32)20-31(25-14-12-21(3)17-22(25)4)37(33,34)24-10-8-7-9-11-24/h7-15,17-19H,5-6,16,20H2,1-4H3,(H,30,32)/b29-19+. The van der Waals surface area contributed by atoms with E-state index in [2.05, 4.69) is 10.5 Å². The van der Waals surface area contributed by atoms with E-state index in [0.717, 1.165) is 21.9 Å². The van der Waals surface area contributed by atoms with Crippen LogP contribution in [0.1, 0.15) is 37.0 Å². The summed E-state index contributed by atoms with van der Waals surface area (Å²) in [6.07, 6.45) is 2.34. The lowest BCUT2D eigenvalue weighted by Gasteiger charge is -2.25. The molecule has 0 aliphatic carbocycles. The second kappa shape index (κ2) is 12.9. The molecule has 3 rings (SSSR count). The first kappa shape index (κ1) is 27.7. The highest BCUT2D eigenvalue weighted by Crippen LogP contribution is 2.29. The molecule has 0 aliphatic rings. The zero-order valence-corrected chi connectivity index (χ0v) is 22.4. The predicted octanol–water partition coefficient (Wildman–Crippen LogP) is 4.84. The highest BCUT2D eigenvalue weighted by atomic mass is 32.2. The summed E-state index contributed by atoms with van der Waals surface area (Å²) in [5.74, 6) is 0.643. The van der Waals surface area contributed by atoms with Crippen LogP contribution in [0.25, 0.3) is 0 Å². The summed E-state index contributed by atoms with van der Waals surface area (Å²) in [5.41, 5.74) is 5.29. The first-order valence-electron chi connectivity index (χ1n) is 12.1. The van der Waals surface area contributed by atoms with E-state index in [9.17, 15) is 13.2 Å². The number of hydrazone groups is 1. The largest absolute Gasteiger partial charge is 0.490 e. The van der Waals surface area contributed by atoms with Crippen molar-refractivity contribution in [2.45, 2.75) is 39.0 Å². The van der Waals surface area contributed by atoms with Crippen LogP contribution in [-0.2, 0) is 14.8 Å².